The van der Waals surface area contributed by atoms with Gasteiger partial charge in [-0.3, -0.25) is 0 Å². The van der Waals surface area contributed by atoms with Crippen LogP contribution in [-0.2, 0) is 4.89 Å². The molecule has 7 nitrogen and oxygen atoms in total. The van der Waals surface area contributed by atoms with Crippen molar-refractivity contribution in [2.75, 3.05) is 0 Å². The van der Waals surface area contributed by atoms with Crippen molar-refractivity contribution in [2.24, 2.45) is 0 Å². The third kappa shape index (κ3) is 4.89. The van der Waals surface area contributed by atoms with Crippen LogP contribution in [-0.4, -0.2) is 21.0 Å². The predicted octanol–water partition coefficient (Wildman–Crippen LogP) is 2.93. The molecule has 0 saturated heterocycles. The third-order valence-corrected chi connectivity index (χ3v) is 3.81. The summed E-state index contributed by atoms with van der Waals surface area (Å²) in [6.07, 6.45) is 14.0. The van der Waals surface area contributed by atoms with Gasteiger partial charge in [0.05, 0.1) is 5.56 Å². The van der Waals surface area contributed by atoms with E-state index in [0.717, 1.165) is 5.56 Å². The van der Waals surface area contributed by atoms with E-state index in [1.54, 1.807) is 48.5 Å². The fourth-order valence-corrected chi connectivity index (χ4v) is 2.35. The molecule has 1 unspecified atom stereocenters. The van der Waals surface area contributed by atoms with Crippen molar-refractivity contribution in [3.63, 3.8) is 0 Å². The zero-order chi connectivity index (χ0) is 20.6. The van der Waals surface area contributed by atoms with Crippen LogP contribution in [0.5, 0.6) is 11.8 Å². The monoisotopic (exact) mass is 386 g/mol. The molecule has 0 spiro atoms. The molecule has 29 heavy (non-hydrogen) atoms. The summed E-state index contributed by atoms with van der Waals surface area (Å²) >= 11 is 0. The van der Waals surface area contributed by atoms with E-state index in [1.165, 1.54) is 12.4 Å². The van der Waals surface area contributed by atoms with Crippen LogP contribution in [0.3, 0.4) is 0 Å². The number of terminal acetylenes is 2. The highest BCUT2D eigenvalue weighted by atomic mass is 17.2. The van der Waals surface area contributed by atoms with Gasteiger partial charge < -0.3 is 9.84 Å². The number of aromatic nitrogens is 2. The van der Waals surface area contributed by atoms with Crippen molar-refractivity contribution in [1.29, 1.82) is 0 Å². The smallest absolute Gasteiger partial charge is 0.367 e. The molecule has 3 aromatic rings. The number of ether oxygens (including phenoxy) is 1. The van der Waals surface area contributed by atoms with Gasteiger partial charge in [-0.05, 0) is 35.4 Å². The lowest BCUT2D eigenvalue weighted by atomic mass is 10.1. The van der Waals surface area contributed by atoms with E-state index < -0.39 is 12.1 Å². The molecule has 2 aromatic carbocycles. The maximum atomic E-state index is 12.3. The normalized spacial score (nSPS) is 10.9. The van der Waals surface area contributed by atoms with Crippen LogP contribution in [0, 0.1) is 24.9 Å². The van der Waals surface area contributed by atoms with Gasteiger partial charge in [-0.1, -0.05) is 36.6 Å². The lowest BCUT2D eigenvalue weighted by Gasteiger charge is -2.08. The number of nitrogens with zero attached hydrogens (tertiary/aromatic N) is 2. The summed E-state index contributed by atoms with van der Waals surface area (Å²) in [6.45, 7) is 0. The summed E-state index contributed by atoms with van der Waals surface area (Å²) in [4.78, 5) is 29.2. The molecule has 142 valence electrons. The Morgan fingerprint density at radius 3 is 2.21 bits per heavy atom. The number of hydrogen-bond donors (Lipinski definition) is 1. The zero-order valence-corrected chi connectivity index (χ0v) is 15.0. The summed E-state index contributed by atoms with van der Waals surface area (Å²) < 4.78 is 5.32. The van der Waals surface area contributed by atoms with E-state index in [4.69, 9.17) is 17.6 Å². The highest BCUT2D eigenvalue weighted by Gasteiger charge is 2.11. The summed E-state index contributed by atoms with van der Waals surface area (Å²) in [5.41, 5.74) is 2.41. The first kappa shape index (κ1) is 19.4. The van der Waals surface area contributed by atoms with Crippen molar-refractivity contribution in [3.05, 3.63) is 72.1 Å². The molecule has 0 radical (unpaired) electrons. The average Bonchev–Trinajstić information content (AvgIpc) is 2.78. The molecule has 0 aliphatic heterocycles. The molecular weight excluding hydrogens is 372 g/mol. The summed E-state index contributed by atoms with van der Waals surface area (Å²) in [5, 5.41) is 9.58. The number of aliphatic hydroxyl groups excluding tert-OH is 1. The number of carbonyl (C=O) groups excluding carboxylic acids is 1. The fourth-order valence-electron chi connectivity index (χ4n) is 2.35. The molecule has 0 fully saturated rings. The molecule has 3 rings (SSSR count). The van der Waals surface area contributed by atoms with Gasteiger partial charge in [0.15, 0.2) is 6.11 Å². The first-order valence-corrected chi connectivity index (χ1v) is 8.28. The zero-order valence-electron chi connectivity index (χ0n) is 15.0. The Morgan fingerprint density at radius 1 is 0.966 bits per heavy atom. The molecule has 1 heterocycles. The lowest BCUT2D eigenvalue weighted by molar-refractivity contribution is -0.141. The van der Waals surface area contributed by atoms with Crippen molar-refractivity contribution < 1.29 is 24.4 Å². The summed E-state index contributed by atoms with van der Waals surface area (Å²) in [5.74, 6) is 2.03. The molecule has 0 saturated carbocycles. The maximum absolute atomic E-state index is 12.3. The molecule has 0 bridgehead atoms. The Balaban J connectivity index is 1.66. The number of rotatable bonds is 6. The van der Waals surface area contributed by atoms with Gasteiger partial charge in [0.1, 0.15) is 11.9 Å². The highest BCUT2D eigenvalue weighted by molar-refractivity contribution is 5.91. The minimum atomic E-state index is -0.998. The second-order valence-corrected chi connectivity index (χ2v) is 5.64. The van der Waals surface area contributed by atoms with E-state index in [0.29, 0.717) is 22.4 Å². The molecule has 1 N–H and O–H groups in total. The Hall–Kier alpha value is -4.33. The van der Waals surface area contributed by atoms with Gasteiger partial charge in [-0.25, -0.2) is 14.6 Å². The standard InChI is InChI=1S/C22H14N2O5/c1-3-20(25)16-9-11-19(12-10-16)28-21(26)17-7-5-15(6-8-17)18-13-23-22(24-14-18)29-27-4-2/h1-2,5-14,20,25H. The second kappa shape index (κ2) is 9.05. The van der Waals surface area contributed by atoms with Gasteiger partial charge >= 0.3 is 12.0 Å². The largest absolute Gasteiger partial charge is 0.423 e. The van der Waals surface area contributed by atoms with Crippen molar-refractivity contribution in [3.8, 4) is 47.8 Å². The average molecular weight is 386 g/mol. The van der Waals surface area contributed by atoms with Crippen LogP contribution in [0.2, 0.25) is 0 Å². The third-order valence-electron chi connectivity index (χ3n) is 3.81. The summed E-state index contributed by atoms with van der Waals surface area (Å²) in [6, 6.07) is 13.0. The molecule has 7 heteroatoms. The minimum absolute atomic E-state index is 0.0207. The Bertz CT molecular complexity index is 1060. The maximum Gasteiger partial charge on any atom is 0.367 e. The minimum Gasteiger partial charge on any atom is -0.423 e. The molecule has 0 aliphatic rings. The van der Waals surface area contributed by atoms with Crippen LogP contribution in [0.15, 0.2) is 60.9 Å². The highest BCUT2D eigenvalue weighted by Crippen LogP contribution is 2.21. The molecule has 0 amide bonds. The van der Waals surface area contributed by atoms with E-state index in [9.17, 15) is 9.90 Å². The number of benzene rings is 2. The quantitative estimate of drug-likeness (QED) is 0.229. The Morgan fingerprint density at radius 2 is 1.62 bits per heavy atom. The second-order valence-electron chi connectivity index (χ2n) is 5.64. The Labute approximate surface area is 166 Å². The van der Waals surface area contributed by atoms with Gasteiger partial charge in [0, 0.05) is 18.0 Å². The van der Waals surface area contributed by atoms with Crippen LogP contribution < -0.4 is 9.62 Å². The van der Waals surface area contributed by atoms with Gasteiger partial charge in [-0.15, -0.1) is 6.42 Å². The van der Waals surface area contributed by atoms with Crippen LogP contribution >= 0.6 is 0 Å². The van der Waals surface area contributed by atoms with E-state index in [-0.39, 0.29) is 6.01 Å². The molecular formula is C22H14N2O5. The summed E-state index contributed by atoms with van der Waals surface area (Å²) in [7, 11) is 0. The Kier molecular flexibility index (Phi) is 6.06. The van der Waals surface area contributed by atoms with Crippen LogP contribution in [0.25, 0.3) is 11.1 Å². The molecule has 1 aromatic heterocycles. The number of aliphatic hydroxyl groups is 1. The van der Waals surface area contributed by atoms with Crippen LogP contribution in [0.4, 0.5) is 0 Å². The van der Waals surface area contributed by atoms with Crippen LogP contribution in [0.1, 0.15) is 22.0 Å². The van der Waals surface area contributed by atoms with E-state index in [2.05, 4.69) is 25.7 Å². The predicted molar refractivity (Wildman–Crippen MR) is 103 cm³/mol. The molecule has 1 atom stereocenters. The fraction of sp³-hybridized carbons (Fsp3) is 0.0455. The first-order valence-electron chi connectivity index (χ1n) is 8.28. The van der Waals surface area contributed by atoms with Crippen molar-refractivity contribution in [1.82, 2.24) is 9.97 Å². The van der Waals surface area contributed by atoms with Gasteiger partial charge in [-0.2, -0.15) is 9.97 Å². The van der Waals surface area contributed by atoms with E-state index >= 15 is 0 Å². The molecule has 0 aliphatic carbocycles. The van der Waals surface area contributed by atoms with Crippen molar-refractivity contribution in [2.45, 2.75) is 6.10 Å². The lowest BCUT2D eigenvalue weighted by Crippen LogP contribution is -2.08. The van der Waals surface area contributed by atoms with E-state index in [1.807, 2.05) is 6.11 Å². The number of hydrogen-bond acceptors (Lipinski definition) is 7. The SMILES string of the molecule is C#COOc1ncc(-c2ccc(C(=O)Oc3ccc(C(O)C#C)cc3)cc2)cn1. The topological polar surface area (TPSA) is 90.8 Å². The van der Waals surface area contributed by atoms with Crippen molar-refractivity contribution >= 4 is 5.97 Å². The van der Waals surface area contributed by atoms with Gasteiger partial charge in [0.2, 0.25) is 0 Å². The first-order chi connectivity index (χ1) is 14.1. The van der Waals surface area contributed by atoms with Gasteiger partial charge in [0.25, 0.3) is 0 Å². The number of esters is 1. The number of carbonyl (C=O) groups is 1.